The Bertz CT molecular complexity index is 673. The number of hydrogen-bond acceptors (Lipinski definition) is 3. The molecule has 5 nitrogen and oxygen atoms in total. The smallest absolute Gasteiger partial charge is 0.315 e. The van der Waals surface area contributed by atoms with Crippen molar-refractivity contribution in [3.8, 4) is 0 Å². The Kier molecular flexibility index (Phi) is 6.01. The summed E-state index contributed by atoms with van der Waals surface area (Å²) in [5.74, 6) is 0. The fourth-order valence-electron chi connectivity index (χ4n) is 3.03. The van der Waals surface area contributed by atoms with Crippen LogP contribution in [-0.4, -0.2) is 30.2 Å². The van der Waals surface area contributed by atoms with Gasteiger partial charge in [0.25, 0.3) is 0 Å². The van der Waals surface area contributed by atoms with Crippen LogP contribution in [-0.2, 0) is 11.2 Å². The van der Waals surface area contributed by atoms with Gasteiger partial charge in [0.2, 0.25) is 0 Å². The van der Waals surface area contributed by atoms with E-state index in [4.69, 9.17) is 4.74 Å². The van der Waals surface area contributed by atoms with Crippen molar-refractivity contribution in [2.75, 3.05) is 13.2 Å². The molecule has 2 heterocycles. The van der Waals surface area contributed by atoms with E-state index in [0.29, 0.717) is 13.2 Å². The molecule has 2 amide bonds. The fraction of sp³-hybridized carbons (Fsp3) is 0.400. The lowest BCUT2D eigenvalue weighted by atomic mass is 9.97. The standard InChI is InChI=1S/C20H25N3O2/c1-15-7-8-16(14-22-15)9-11-21-20(24)23-18-10-12-25-19(13-18)17-5-3-2-4-6-17/h2-8,14,18-19H,9-13H2,1H3,(H2,21,23,24)/t18-,19-/m0/s1. The Balaban J connectivity index is 1.42. The zero-order valence-corrected chi connectivity index (χ0v) is 14.6. The van der Waals surface area contributed by atoms with Crippen LogP contribution in [0.2, 0.25) is 0 Å². The molecule has 1 saturated heterocycles. The number of rotatable bonds is 5. The zero-order chi connectivity index (χ0) is 17.5. The Labute approximate surface area is 148 Å². The molecule has 2 N–H and O–H groups in total. The summed E-state index contributed by atoms with van der Waals surface area (Å²) in [6.07, 6.45) is 4.34. The second kappa shape index (κ2) is 8.62. The molecule has 1 fully saturated rings. The maximum atomic E-state index is 12.1. The summed E-state index contributed by atoms with van der Waals surface area (Å²) in [4.78, 5) is 16.4. The van der Waals surface area contributed by atoms with E-state index in [1.807, 2.05) is 43.5 Å². The van der Waals surface area contributed by atoms with Crippen molar-refractivity contribution in [1.82, 2.24) is 15.6 Å². The molecule has 132 valence electrons. The highest BCUT2D eigenvalue weighted by Gasteiger charge is 2.24. The highest BCUT2D eigenvalue weighted by atomic mass is 16.5. The van der Waals surface area contributed by atoms with Gasteiger partial charge in [-0.2, -0.15) is 0 Å². The van der Waals surface area contributed by atoms with Crippen LogP contribution in [0.1, 0.15) is 35.8 Å². The monoisotopic (exact) mass is 339 g/mol. The highest BCUT2D eigenvalue weighted by Crippen LogP contribution is 2.27. The number of carbonyl (C=O) groups excluding carboxylic acids is 1. The van der Waals surface area contributed by atoms with Crippen LogP contribution in [0.4, 0.5) is 4.79 Å². The Morgan fingerprint density at radius 3 is 2.84 bits per heavy atom. The van der Waals surface area contributed by atoms with Gasteiger partial charge in [-0.25, -0.2) is 4.79 Å². The van der Waals surface area contributed by atoms with E-state index >= 15 is 0 Å². The molecule has 0 saturated carbocycles. The lowest BCUT2D eigenvalue weighted by Crippen LogP contribution is -2.45. The minimum absolute atomic E-state index is 0.0545. The first kappa shape index (κ1) is 17.4. The number of pyridine rings is 1. The summed E-state index contributed by atoms with van der Waals surface area (Å²) >= 11 is 0. The predicted octanol–water partition coefficient (Wildman–Crippen LogP) is 3.15. The average molecular weight is 339 g/mol. The molecule has 0 bridgehead atoms. The van der Waals surface area contributed by atoms with Gasteiger partial charge in [-0.3, -0.25) is 4.98 Å². The molecule has 5 heteroatoms. The van der Waals surface area contributed by atoms with Gasteiger partial charge < -0.3 is 15.4 Å². The number of urea groups is 1. The van der Waals surface area contributed by atoms with E-state index in [9.17, 15) is 4.79 Å². The summed E-state index contributed by atoms with van der Waals surface area (Å²) in [6, 6.07) is 14.2. The first-order chi connectivity index (χ1) is 12.2. The summed E-state index contributed by atoms with van der Waals surface area (Å²) in [7, 11) is 0. The topological polar surface area (TPSA) is 63.2 Å². The molecular weight excluding hydrogens is 314 g/mol. The molecule has 2 aromatic rings. The first-order valence-corrected chi connectivity index (χ1v) is 8.83. The number of aromatic nitrogens is 1. The second-order valence-corrected chi connectivity index (χ2v) is 6.45. The molecule has 25 heavy (non-hydrogen) atoms. The SMILES string of the molecule is Cc1ccc(CCNC(=O)N[C@H]2CCO[C@H](c3ccccc3)C2)cn1. The molecule has 1 aromatic carbocycles. The third kappa shape index (κ3) is 5.29. The maximum Gasteiger partial charge on any atom is 0.315 e. The zero-order valence-electron chi connectivity index (χ0n) is 14.6. The van der Waals surface area contributed by atoms with Gasteiger partial charge in [-0.15, -0.1) is 0 Å². The minimum atomic E-state index is -0.112. The predicted molar refractivity (Wildman–Crippen MR) is 97.4 cm³/mol. The summed E-state index contributed by atoms with van der Waals surface area (Å²) < 4.78 is 5.85. The van der Waals surface area contributed by atoms with Crippen molar-refractivity contribution in [1.29, 1.82) is 0 Å². The van der Waals surface area contributed by atoms with Crippen LogP contribution >= 0.6 is 0 Å². The van der Waals surface area contributed by atoms with E-state index in [1.54, 1.807) is 0 Å². The van der Waals surface area contributed by atoms with E-state index in [-0.39, 0.29) is 18.2 Å². The maximum absolute atomic E-state index is 12.1. The summed E-state index contributed by atoms with van der Waals surface area (Å²) in [5, 5.41) is 6.00. The number of ether oxygens (including phenoxy) is 1. The van der Waals surface area contributed by atoms with Crippen molar-refractivity contribution in [2.24, 2.45) is 0 Å². The van der Waals surface area contributed by atoms with Crippen LogP contribution in [0.5, 0.6) is 0 Å². The van der Waals surface area contributed by atoms with E-state index in [0.717, 1.165) is 30.5 Å². The molecule has 0 spiro atoms. The largest absolute Gasteiger partial charge is 0.373 e. The molecule has 3 rings (SSSR count). The number of amides is 2. The summed E-state index contributed by atoms with van der Waals surface area (Å²) in [5.41, 5.74) is 3.30. The molecule has 0 radical (unpaired) electrons. The van der Waals surface area contributed by atoms with E-state index < -0.39 is 0 Å². The lowest BCUT2D eigenvalue weighted by molar-refractivity contribution is 0.00227. The van der Waals surface area contributed by atoms with Crippen LogP contribution in [0.15, 0.2) is 48.7 Å². The Hall–Kier alpha value is -2.40. The van der Waals surface area contributed by atoms with Gasteiger partial charge in [0.1, 0.15) is 0 Å². The lowest BCUT2D eigenvalue weighted by Gasteiger charge is -2.30. The Morgan fingerprint density at radius 2 is 2.08 bits per heavy atom. The van der Waals surface area contributed by atoms with Gasteiger partial charge >= 0.3 is 6.03 Å². The number of hydrogen-bond donors (Lipinski definition) is 2. The van der Waals surface area contributed by atoms with Gasteiger partial charge in [-0.1, -0.05) is 36.4 Å². The van der Waals surface area contributed by atoms with Crippen molar-refractivity contribution in [3.63, 3.8) is 0 Å². The number of nitrogens with one attached hydrogen (secondary N) is 2. The van der Waals surface area contributed by atoms with Crippen molar-refractivity contribution >= 4 is 6.03 Å². The molecule has 1 aromatic heterocycles. The minimum Gasteiger partial charge on any atom is -0.373 e. The molecule has 2 atom stereocenters. The van der Waals surface area contributed by atoms with Crippen LogP contribution in [0.25, 0.3) is 0 Å². The molecule has 1 aliphatic rings. The molecule has 0 aliphatic carbocycles. The second-order valence-electron chi connectivity index (χ2n) is 6.45. The third-order valence-electron chi connectivity index (χ3n) is 4.46. The van der Waals surface area contributed by atoms with Gasteiger partial charge in [0.15, 0.2) is 0 Å². The van der Waals surface area contributed by atoms with E-state index in [2.05, 4.69) is 27.8 Å². The van der Waals surface area contributed by atoms with Crippen molar-refractivity contribution < 1.29 is 9.53 Å². The first-order valence-electron chi connectivity index (χ1n) is 8.83. The molecule has 0 unspecified atom stereocenters. The highest BCUT2D eigenvalue weighted by molar-refractivity contribution is 5.74. The van der Waals surface area contributed by atoms with Gasteiger partial charge in [-0.05, 0) is 43.4 Å². The van der Waals surface area contributed by atoms with E-state index in [1.165, 1.54) is 5.56 Å². The average Bonchev–Trinajstić information content (AvgIpc) is 2.64. The summed E-state index contributed by atoms with van der Waals surface area (Å²) in [6.45, 7) is 3.23. The third-order valence-corrected chi connectivity index (χ3v) is 4.46. The van der Waals surface area contributed by atoms with Crippen LogP contribution in [0, 0.1) is 6.92 Å². The number of benzene rings is 1. The van der Waals surface area contributed by atoms with Gasteiger partial charge in [0.05, 0.1) is 6.10 Å². The molecule has 1 aliphatic heterocycles. The Morgan fingerprint density at radius 1 is 1.24 bits per heavy atom. The number of carbonyl (C=O) groups is 1. The van der Waals surface area contributed by atoms with Crippen LogP contribution < -0.4 is 10.6 Å². The molecular formula is C20H25N3O2. The fourth-order valence-corrected chi connectivity index (χ4v) is 3.03. The van der Waals surface area contributed by atoms with Gasteiger partial charge in [0, 0.05) is 31.1 Å². The van der Waals surface area contributed by atoms with Crippen molar-refractivity contribution in [3.05, 3.63) is 65.5 Å². The van der Waals surface area contributed by atoms with Crippen LogP contribution in [0.3, 0.4) is 0 Å². The quantitative estimate of drug-likeness (QED) is 0.879. The number of nitrogens with zero attached hydrogens (tertiary/aromatic N) is 1. The van der Waals surface area contributed by atoms with Crippen molar-refractivity contribution in [2.45, 2.75) is 38.3 Å². The normalized spacial score (nSPS) is 20.0. The number of aryl methyl sites for hydroxylation is 1.